The zero-order valence-electron chi connectivity index (χ0n) is 15.3. The largest absolute Gasteiger partial charge is 0.356 e. The molecular formula is C17H26N4O4S. The summed E-state index contributed by atoms with van der Waals surface area (Å²) in [6, 6.07) is 1.94. The van der Waals surface area contributed by atoms with Crippen LogP contribution in [0.2, 0.25) is 0 Å². The third-order valence-electron chi connectivity index (χ3n) is 5.59. The van der Waals surface area contributed by atoms with Gasteiger partial charge in [-0.3, -0.25) is 0 Å². The number of sulfone groups is 1. The molecule has 3 fully saturated rings. The van der Waals surface area contributed by atoms with E-state index in [9.17, 15) is 8.42 Å². The van der Waals surface area contributed by atoms with Crippen molar-refractivity contribution in [1.29, 1.82) is 0 Å². The number of hydrogen-bond donors (Lipinski definition) is 0. The monoisotopic (exact) mass is 382 g/mol. The number of ether oxygens (including phenoxy) is 2. The van der Waals surface area contributed by atoms with Gasteiger partial charge in [0.1, 0.15) is 17.5 Å². The molecule has 0 aliphatic carbocycles. The molecule has 9 heteroatoms. The molecule has 4 heterocycles. The molecule has 8 nitrogen and oxygen atoms in total. The smallest absolute Gasteiger partial charge is 0.171 e. The number of rotatable bonds is 3. The molecule has 1 aromatic heterocycles. The first-order valence-corrected chi connectivity index (χ1v) is 11.0. The molecule has 3 aliphatic heterocycles. The SMILES string of the molecule is Cc1nc(N2CCC3(CC2)OCCO3)cc(N(C)C2CCS(=O)(=O)C2)n1. The standard InChI is InChI=1S/C17H26N4O4S/c1-13-18-15(20(2)14-3-10-26(22,23)12-14)11-16(19-13)21-6-4-17(5-7-21)24-8-9-25-17/h11,14H,3-10,12H2,1-2H3. The maximum absolute atomic E-state index is 11.8. The fourth-order valence-corrected chi connectivity index (χ4v) is 5.78. The zero-order valence-corrected chi connectivity index (χ0v) is 16.2. The average Bonchev–Trinajstić information content (AvgIpc) is 3.21. The Morgan fingerprint density at radius 1 is 1.23 bits per heavy atom. The summed E-state index contributed by atoms with van der Waals surface area (Å²) in [4.78, 5) is 13.3. The highest BCUT2D eigenvalue weighted by atomic mass is 32.2. The Hall–Kier alpha value is -1.45. The van der Waals surface area contributed by atoms with E-state index < -0.39 is 15.6 Å². The zero-order chi connectivity index (χ0) is 18.4. The molecule has 0 radical (unpaired) electrons. The minimum absolute atomic E-state index is 0.0212. The van der Waals surface area contributed by atoms with Crippen LogP contribution in [0.25, 0.3) is 0 Å². The lowest BCUT2D eigenvalue weighted by Crippen LogP contribution is -2.45. The molecule has 144 valence electrons. The molecular weight excluding hydrogens is 356 g/mol. The van der Waals surface area contributed by atoms with Crippen LogP contribution in [0.5, 0.6) is 0 Å². The quantitative estimate of drug-likeness (QED) is 0.757. The van der Waals surface area contributed by atoms with E-state index >= 15 is 0 Å². The van der Waals surface area contributed by atoms with Crippen molar-refractivity contribution in [2.45, 2.75) is 38.0 Å². The molecule has 0 bridgehead atoms. The Balaban J connectivity index is 1.50. The van der Waals surface area contributed by atoms with Crippen LogP contribution in [-0.2, 0) is 19.3 Å². The van der Waals surface area contributed by atoms with E-state index in [1.807, 2.05) is 24.9 Å². The van der Waals surface area contributed by atoms with E-state index in [2.05, 4.69) is 14.9 Å². The van der Waals surface area contributed by atoms with Gasteiger partial charge >= 0.3 is 0 Å². The highest BCUT2D eigenvalue weighted by molar-refractivity contribution is 7.91. The second kappa shape index (κ2) is 6.61. The number of anilines is 2. The predicted molar refractivity (Wildman–Crippen MR) is 98.3 cm³/mol. The molecule has 0 saturated carbocycles. The minimum atomic E-state index is -2.93. The minimum Gasteiger partial charge on any atom is -0.356 e. The number of hydrogen-bond acceptors (Lipinski definition) is 8. The summed E-state index contributed by atoms with van der Waals surface area (Å²) < 4.78 is 35.2. The predicted octanol–water partition coefficient (Wildman–Crippen LogP) is 0.752. The Morgan fingerprint density at radius 3 is 2.54 bits per heavy atom. The van der Waals surface area contributed by atoms with Gasteiger partial charge in [-0.05, 0) is 13.3 Å². The number of aromatic nitrogens is 2. The van der Waals surface area contributed by atoms with Gasteiger partial charge in [-0.2, -0.15) is 0 Å². The summed E-state index contributed by atoms with van der Waals surface area (Å²) in [5, 5.41) is 0. The third-order valence-corrected chi connectivity index (χ3v) is 7.34. The van der Waals surface area contributed by atoms with E-state index in [1.165, 1.54) is 0 Å². The molecule has 0 aromatic carbocycles. The van der Waals surface area contributed by atoms with Crippen LogP contribution in [-0.4, -0.2) is 75.1 Å². The molecule has 0 amide bonds. The van der Waals surface area contributed by atoms with Gasteiger partial charge in [-0.1, -0.05) is 0 Å². The molecule has 3 aliphatic rings. The first-order valence-electron chi connectivity index (χ1n) is 9.18. The normalized spacial score (nSPS) is 27.2. The summed E-state index contributed by atoms with van der Waals surface area (Å²) in [7, 11) is -1.01. The van der Waals surface area contributed by atoms with Crippen molar-refractivity contribution in [3.63, 3.8) is 0 Å². The summed E-state index contributed by atoms with van der Waals surface area (Å²) in [6.45, 7) is 4.85. The van der Waals surface area contributed by atoms with E-state index in [1.54, 1.807) is 0 Å². The van der Waals surface area contributed by atoms with Gasteiger partial charge in [0, 0.05) is 45.1 Å². The Morgan fingerprint density at radius 2 is 1.92 bits per heavy atom. The summed E-state index contributed by atoms with van der Waals surface area (Å²) in [5.41, 5.74) is 0. The second-order valence-electron chi connectivity index (χ2n) is 7.39. The fourth-order valence-electron chi connectivity index (χ4n) is 4.01. The van der Waals surface area contributed by atoms with Crippen LogP contribution in [0, 0.1) is 6.92 Å². The molecule has 1 atom stereocenters. The van der Waals surface area contributed by atoms with Crippen LogP contribution < -0.4 is 9.80 Å². The molecule has 1 spiro atoms. The van der Waals surface area contributed by atoms with Crippen molar-refractivity contribution < 1.29 is 17.9 Å². The molecule has 0 N–H and O–H groups in total. The van der Waals surface area contributed by atoms with Gasteiger partial charge in [-0.15, -0.1) is 0 Å². The van der Waals surface area contributed by atoms with Crippen LogP contribution in [0.15, 0.2) is 6.07 Å². The fraction of sp³-hybridized carbons (Fsp3) is 0.765. The van der Waals surface area contributed by atoms with Gasteiger partial charge < -0.3 is 19.3 Å². The molecule has 26 heavy (non-hydrogen) atoms. The average molecular weight is 382 g/mol. The van der Waals surface area contributed by atoms with Crippen molar-refractivity contribution in [2.75, 3.05) is 54.7 Å². The number of aryl methyl sites for hydroxylation is 1. The summed E-state index contributed by atoms with van der Waals surface area (Å²) >= 11 is 0. The third kappa shape index (κ3) is 3.52. The van der Waals surface area contributed by atoms with Crippen LogP contribution in [0.4, 0.5) is 11.6 Å². The highest BCUT2D eigenvalue weighted by Gasteiger charge is 2.40. The lowest BCUT2D eigenvalue weighted by atomic mass is 10.0. The topological polar surface area (TPSA) is 84.9 Å². The van der Waals surface area contributed by atoms with E-state index in [-0.39, 0.29) is 17.5 Å². The van der Waals surface area contributed by atoms with E-state index in [0.717, 1.165) is 37.6 Å². The summed E-state index contributed by atoms with van der Waals surface area (Å²) in [6.07, 6.45) is 2.29. The van der Waals surface area contributed by atoms with Crippen molar-refractivity contribution >= 4 is 21.5 Å². The van der Waals surface area contributed by atoms with Crippen molar-refractivity contribution in [2.24, 2.45) is 0 Å². The van der Waals surface area contributed by atoms with Gasteiger partial charge in [-0.25, -0.2) is 18.4 Å². The molecule has 3 saturated heterocycles. The summed E-state index contributed by atoms with van der Waals surface area (Å²) in [5.74, 6) is 2.40. The Bertz CT molecular complexity index is 769. The molecule has 4 rings (SSSR count). The Labute approximate surface area is 154 Å². The van der Waals surface area contributed by atoms with Crippen molar-refractivity contribution in [3.05, 3.63) is 11.9 Å². The lowest BCUT2D eigenvalue weighted by molar-refractivity contribution is -0.169. The first kappa shape index (κ1) is 17.9. The van der Waals surface area contributed by atoms with E-state index in [0.29, 0.717) is 25.5 Å². The van der Waals surface area contributed by atoms with Gasteiger partial charge in [0.25, 0.3) is 0 Å². The van der Waals surface area contributed by atoms with E-state index in [4.69, 9.17) is 9.47 Å². The van der Waals surface area contributed by atoms with Gasteiger partial charge in [0.15, 0.2) is 15.6 Å². The molecule has 1 unspecified atom stereocenters. The van der Waals surface area contributed by atoms with Crippen molar-refractivity contribution in [3.8, 4) is 0 Å². The van der Waals surface area contributed by atoms with Gasteiger partial charge in [0.05, 0.1) is 24.7 Å². The number of nitrogens with zero attached hydrogens (tertiary/aromatic N) is 4. The highest BCUT2D eigenvalue weighted by Crippen LogP contribution is 2.33. The molecule has 1 aromatic rings. The first-order chi connectivity index (χ1) is 12.4. The Kier molecular flexibility index (Phi) is 4.56. The van der Waals surface area contributed by atoms with Crippen molar-refractivity contribution in [1.82, 2.24) is 9.97 Å². The second-order valence-corrected chi connectivity index (χ2v) is 9.62. The van der Waals surface area contributed by atoms with Crippen LogP contribution >= 0.6 is 0 Å². The van der Waals surface area contributed by atoms with Crippen LogP contribution in [0.1, 0.15) is 25.1 Å². The van der Waals surface area contributed by atoms with Gasteiger partial charge in [0.2, 0.25) is 0 Å². The van der Waals surface area contributed by atoms with Crippen LogP contribution in [0.3, 0.4) is 0 Å². The maximum atomic E-state index is 11.8. The maximum Gasteiger partial charge on any atom is 0.171 e. The number of piperidine rings is 1. The lowest BCUT2D eigenvalue weighted by Gasteiger charge is -2.38.